The molecule has 0 fully saturated rings. The van der Waals surface area contributed by atoms with Crippen LogP contribution in [0.5, 0.6) is 0 Å². The van der Waals surface area contributed by atoms with Gasteiger partial charge in [0.2, 0.25) is 11.8 Å². The average Bonchev–Trinajstić information content (AvgIpc) is 2.76. The van der Waals surface area contributed by atoms with Crippen LogP contribution >= 0.6 is 0 Å². The van der Waals surface area contributed by atoms with Crippen LogP contribution in [0.3, 0.4) is 0 Å². The summed E-state index contributed by atoms with van der Waals surface area (Å²) in [4.78, 5) is 37.0. The quantitative estimate of drug-likeness (QED) is 0.539. The fourth-order valence-corrected chi connectivity index (χ4v) is 2.98. The number of carbonyl (C=O) groups excluding carboxylic acids is 3. The monoisotopic (exact) mass is 422 g/mol. The average molecular weight is 422 g/mol. The highest BCUT2D eigenvalue weighted by molar-refractivity contribution is 5.91. The van der Waals surface area contributed by atoms with Gasteiger partial charge in [0.1, 0.15) is 18.7 Å². The highest BCUT2D eigenvalue weighted by Crippen LogP contribution is 2.10. The van der Waals surface area contributed by atoms with Crippen molar-refractivity contribution in [2.24, 2.45) is 11.7 Å². The number of nitriles is 1. The molecule has 162 valence electrons. The number of nitrogens with one attached hydrogen (secondary N) is 2. The predicted molar refractivity (Wildman–Crippen MR) is 114 cm³/mol. The van der Waals surface area contributed by atoms with Crippen molar-refractivity contribution in [3.05, 3.63) is 71.8 Å². The van der Waals surface area contributed by atoms with Crippen molar-refractivity contribution in [2.45, 2.75) is 38.5 Å². The van der Waals surface area contributed by atoms with Gasteiger partial charge in [-0.25, -0.2) is 4.79 Å². The summed E-state index contributed by atoms with van der Waals surface area (Å²) in [6.07, 6.45) is -0.532. The summed E-state index contributed by atoms with van der Waals surface area (Å²) < 4.78 is 5.22. The maximum atomic E-state index is 12.9. The molecule has 0 radical (unpaired) electrons. The van der Waals surface area contributed by atoms with E-state index in [1.165, 1.54) is 0 Å². The second-order valence-electron chi connectivity index (χ2n) is 7.18. The van der Waals surface area contributed by atoms with E-state index in [1.807, 2.05) is 66.7 Å². The lowest BCUT2D eigenvalue weighted by Crippen LogP contribution is -2.55. The topological polar surface area (TPSA) is 134 Å². The lowest BCUT2D eigenvalue weighted by molar-refractivity contribution is -0.129. The summed E-state index contributed by atoms with van der Waals surface area (Å²) in [5, 5.41) is 14.0. The molecule has 4 N–H and O–H groups in total. The number of benzene rings is 2. The summed E-state index contributed by atoms with van der Waals surface area (Å²) >= 11 is 0. The van der Waals surface area contributed by atoms with E-state index in [1.54, 1.807) is 6.92 Å². The van der Waals surface area contributed by atoms with E-state index in [-0.39, 0.29) is 19.4 Å². The molecule has 2 rings (SSSR count). The molecule has 8 heteroatoms. The van der Waals surface area contributed by atoms with Gasteiger partial charge in [-0.05, 0) is 17.0 Å². The first-order chi connectivity index (χ1) is 14.9. The molecule has 0 aliphatic heterocycles. The molecule has 0 aromatic heterocycles. The molecule has 3 amide bonds. The van der Waals surface area contributed by atoms with E-state index in [4.69, 9.17) is 15.7 Å². The van der Waals surface area contributed by atoms with Gasteiger partial charge in [-0.1, -0.05) is 67.6 Å². The third kappa shape index (κ3) is 7.82. The molecule has 8 nitrogen and oxygen atoms in total. The van der Waals surface area contributed by atoms with E-state index < -0.39 is 35.9 Å². The number of carbonyl (C=O) groups is 3. The maximum absolute atomic E-state index is 12.9. The third-order valence-corrected chi connectivity index (χ3v) is 4.69. The minimum Gasteiger partial charge on any atom is -0.445 e. The van der Waals surface area contributed by atoms with Crippen molar-refractivity contribution in [3.63, 3.8) is 0 Å². The molecular weight excluding hydrogens is 396 g/mol. The van der Waals surface area contributed by atoms with Crippen molar-refractivity contribution >= 4 is 17.9 Å². The molecule has 0 spiro atoms. The van der Waals surface area contributed by atoms with Crippen LogP contribution in [0.2, 0.25) is 0 Å². The Labute approximate surface area is 181 Å². The minimum absolute atomic E-state index is 0.0454. The number of nitrogens with zero attached hydrogens (tertiary/aromatic N) is 1. The van der Waals surface area contributed by atoms with Crippen LogP contribution in [-0.2, 0) is 27.4 Å². The van der Waals surface area contributed by atoms with Crippen molar-refractivity contribution in [3.8, 4) is 6.07 Å². The molecular formula is C23H26N4O4. The van der Waals surface area contributed by atoms with Crippen LogP contribution in [0.25, 0.3) is 0 Å². The standard InChI is InChI=1S/C23H26N4O4/c1-16(12-13-24)20(21(25)28)27-22(29)19(14-17-8-4-2-5-9-17)26-23(30)31-15-18-10-6-3-7-11-18/h2-11,16,19-20H,12,14-15H2,1H3,(H2,25,28)(H,26,30)(H,27,29)/t16-,19+,20-/m1/s1. The number of alkyl carbamates (subject to hydrolysis) is 1. The number of amides is 3. The zero-order chi connectivity index (χ0) is 22.6. The first kappa shape index (κ1) is 23.4. The van der Waals surface area contributed by atoms with E-state index in [0.717, 1.165) is 11.1 Å². The Balaban J connectivity index is 2.09. The number of hydrogen-bond donors (Lipinski definition) is 3. The second-order valence-corrected chi connectivity index (χ2v) is 7.18. The van der Waals surface area contributed by atoms with Gasteiger partial charge in [0.15, 0.2) is 0 Å². The number of nitrogens with two attached hydrogens (primary N) is 1. The zero-order valence-electron chi connectivity index (χ0n) is 17.3. The first-order valence-electron chi connectivity index (χ1n) is 9.88. The number of ether oxygens (including phenoxy) is 1. The van der Waals surface area contributed by atoms with E-state index in [9.17, 15) is 14.4 Å². The molecule has 0 aliphatic rings. The summed E-state index contributed by atoms with van der Waals surface area (Å²) in [6, 6.07) is 18.2. The summed E-state index contributed by atoms with van der Waals surface area (Å²) in [7, 11) is 0. The fraction of sp³-hybridized carbons (Fsp3) is 0.304. The smallest absolute Gasteiger partial charge is 0.408 e. The van der Waals surface area contributed by atoms with Crippen molar-refractivity contribution < 1.29 is 19.1 Å². The van der Waals surface area contributed by atoms with Crippen LogP contribution < -0.4 is 16.4 Å². The zero-order valence-corrected chi connectivity index (χ0v) is 17.3. The van der Waals surface area contributed by atoms with Gasteiger partial charge in [-0.15, -0.1) is 0 Å². The SMILES string of the molecule is C[C@H](CC#N)[C@@H](NC(=O)[C@H](Cc1ccccc1)NC(=O)OCc1ccccc1)C(N)=O. The summed E-state index contributed by atoms with van der Waals surface area (Å²) in [5.74, 6) is -1.82. The highest BCUT2D eigenvalue weighted by atomic mass is 16.5. The summed E-state index contributed by atoms with van der Waals surface area (Å²) in [6.45, 7) is 1.70. The number of rotatable bonds is 10. The van der Waals surface area contributed by atoms with Crippen LogP contribution in [0.4, 0.5) is 4.79 Å². The summed E-state index contributed by atoms with van der Waals surface area (Å²) in [5.41, 5.74) is 7.03. The van der Waals surface area contributed by atoms with Gasteiger partial charge in [0.05, 0.1) is 6.07 Å². The molecule has 31 heavy (non-hydrogen) atoms. The van der Waals surface area contributed by atoms with Gasteiger partial charge >= 0.3 is 6.09 Å². The minimum atomic E-state index is -1.03. The molecule has 0 aliphatic carbocycles. The lowest BCUT2D eigenvalue weighted by atomic mass is 9.97. The molecule has 0 saturated heterocycles. The Morgan fingerprint density at radius 3 is 2.13 bits per heavy atom. The highest BCUT2D eigenvalue weighted by Gasteiger charge is 2.29. The Morgan fingerprint density at radius 2 is 1.58 bits per heavy atom. The van der Waals surface area contributed by atoms with Crippen LogP contribution in [-0.4, -0.2) is 30.0 Å². The van der Waals surface area contributed by atoms with Gasteiger partial charge < -0.3 is 21.1 Å². The molecule has 0 heterocycles. The van der Waals surface area contributed by atoms with Crippen LogP contribution in [0, 0.1) is 17.2 Å². The van der Waals surface area contributed by atoms with Gasteiger partial charge in [-0.3, -0.25) is 9.59 Å². The Morgan fingerprint density at radius 1 is 1.00 bits per heavy atom. The van der Waals surface area contributed by atoms with E-state index in [0.29, 0.717) is 0 Å². The third-order valence-electron chi connectivity index (χ3n) is 4.69. The Bertz CT molecular complexity index is 912. The molecule has 2 aromatic carbocycles. The normalized spacial score (nSPS) is 13.2. The second kappa shape index (κ2) is 12.0. The Hall–Kier alpha value is -3.86. The Kier molecular flexibility index (Phi) is 9.05. The van der Waals surface area contributed by atoms with Crippen molar-refractivity contribution in [1.29, 1.82) is 5.26 Å². The van der Waals surface area contributed by atoms with E-state index in [2.05, 4.69) is 10.6 Å². The largest absolute Gasteiger partial charge is 0.445 e. The molecule has 0 unspecified atom stereocenters. The van der Waals surface area contributed by atoms with Crippen LogP contribution in [0.1, 0.15) is 24.5 Å². The fourth-order valence-electron chi connectivity index (χ4n) is 2.98. The molecule has 2 aromatic rings. The van der Waals surface area contributed by atoms with Gasteiger partial charge in [-0.2, -0.15) is 5.26 Å². The lowest BCUT2D eigenvalue weighted by Gasteiger charge is -2.24. The first-order valence-corrected chi connectivity index (χ1v) is 9.88. The molecule has 0 saturated carbocycles. The number of hydrogen-bond acceptors (Lipinski definition) is 5. The van der Waals surface area contributed by atoms with E-state index >= 15 is 0 Å². The predicted octanol–water partition coefficient (Wildman–Crippen LogP) is 2.04. The van der Waals surface area contributed by atoms with Crippen molar-refractivity contribution in [2.75, 3.05) is 0 Å². The van der Waals surface area contributed by atoms with Gasteiger partial charge in [0, 0.05) is 12.8 Å². The maximum Gasteiger partial charge on any atom is 0.408 e. The van der Waals surface area contributed by atoms with Gasteiger partial charge in [0.25, 0.3) is 0 Å². The van der Waals surface area contributed by atoms with Crippen molar-refractivity contribution in [1.82, 2.24) is 10.6 Å². The van der Waals surface area contributed by atoms with Crippen LogP contribution in [0.15, 0.2) is 60.7 Å². The molecule has 3 atom stereocenters. The molecule has 0 bridgehead atoms. The number of primary amides is 1.